The van der Waals surface area contributed by atoms with Crippen LogP contribution in [0.25, 0.3) is 6.08 Å². The molecule has 1 fully saturated rings. The van der Waals surface area contributed by atoms with Crippen molar-refractivity contribution in [2.45, 2.75) is 20.5 Å². The highest BCUT2D eigenvalue weighted by molar-refractivity contribution is 8.26. The van der Waals surface area contributed by atoms with Crippen molar-refractivity contribution >= 4 is 51.9 Å². The van der Waals surface area contributed by atoms with Crippen LogP contribution in [0.2, 0.25) is 5.02 Å². The van der Waals surface area contributed by atoms with E-state index in [0.29, 0.717) is 39.0 Å². The molecule has 0 radical (unpaired) electrons. The summed E-state index contributed by atoms with van der Waals surface area (Å²) in [7, 11) is 0. The Balaban J connectivity index is 1.85. The molecule has 1 heterocycles. The number of thioether (sulfide) groups is 1. The van der Waals surface area contributed by atoms with E-state index in [1.807, 2.05) is 44.2 Å². The number of halogens is 1. The Hall–Kier alpha value is -2.02. The first-order valence-electron chi connectivity index (χ1n) is 8.36. The van der Waals surface area contributed by atoms with Gasteiger partial charge in [0.15, 0.2) is 11.5 Å². The van der Waals surface area contributed by atoms with Crippen molar-refractivity contribution in [1.82, 2.24) is 5.32 Å². The monoisotopic (exact) mass is 419 g/mol. The molecule has 3 rings (SSSR count). The minimum atomic E-state index is -0.209. The molecule has 140 valence electrons. The van der Waals surface area contributed by atoms with Gasteiger partial charge in [-0.25, -0.2) is 0 Å². The molecule has 27 heavy (non-hydrogen) atoms. The van der Waals surface area contributed by atoms with Crippen molar-refractivity contribution in [1.29, 1.82) is 0 Å². The fourth-order valence-corrected chi connectivity index (χ4v) is 3.80. The maximum absolute atomic E-state index is 11.9. The number of thiocarbonyl (C=S) groups is 1. The van der Waals surface area contributed by atoms with E-state index in [0.717, 1.165) is 11.1 Å². The second-order valence-electron chi connectivity index (χ2n) is 5.89. The van der Waals surface area contributed by atoms with Gasteiger partial charge in [0, 0.05) is 0 Å². The van der Waals surface area contributed by atoms with Crippen molar-refractivity contribution in [3.05, 3.63) is 63.0 Å². The van der Waals surface area contributed by atoms with Crippen LogP contribution in [-0.4, -0.2) is 16.8 Å². The minimum Gasteiger partial charge on any atom is -0.490 e. The molecule has 1 aliphatic heterocycles. The summed E-state index contributed by atoms with van der Waals surface area (Å²) in [5.41, 5.74) is 2.98. The largest absolute Gasteiger partial charge is 0.490 e. The predicted molar refractivity (Wildman–Crippen MR) is 114 cm³/mol. The average Bonchev–Trinajstić information content (AvgIpc) is 2.93. The SMILES string of the molecule is CCOc1cc(/C=C2/SC(=S)NC2=O)cc(Cl)c1OCc1ccc(C)cc1. The Morgan fingerprint density at radius 3 is 2.59 bits per heavy atom. The van der Waals surface area contributed by atoms with Crippen LogP contribution >= 0.6 is 35.6 Å². The highest BCUT2D eigenvalue weighted by Gasteiger charge is 2.22. The number of hydrogen-bond acceptors (Lipinski definition) is 5. The molecular formula is C20H18ClNO3S2. The first kappa shape index (κ1) is 19.7. The molecule has 0 spiro atoms. The lowest BCUT2D eigenvalue weighted by Crippen LogP contribution is -2.17. The van der Waals surface area contributed by atoms with Crippen LogP contribution in [0.4, 0.5) is 0 Å². The number of hydrogen-bond donors (Lipinski definition) is 1. The van der Waals surface area contributed by atoms with Crippen LogP contribution < -0.4 is 14.8 Å². The van der Waals surface area contributed by atoms with E-state index in [1.54, 1.807) is 12.1 Å². The lowest BCUT2D eigenvalue weighted by atomic mass is 10.1. The molecule has 0 unspecified atom stereocenters. The Morgan fingerprint density at radius 1 is 1.22 bits per heavy atom. The summed E-state index contributed by atoms with van der Waals surface area (Å²) in [5.74, 6) is 0.814. The normalized spacial score (nSPS) is 15.1. The zero-order chi connectivity index (χ0) is 19.4. The minimum absolute atomic E-state index is 0.209. The summed E-state index contributed by atoms with van der Waals surface area (Å²) in [6.45, 7) is 4.78. The van der Waals surface area contributed by atoms with Crippen molar-refractivity contribution in [2.75, 3.05) is 6.61 Å². The average molecular weight is 420 g/mol. The Bertz CT molecular complexity index is 910. The van der Waals surface area contributed by atoms with Gasteiger partial charge in [0.05, 0.1) is 16.5 Å². The molecule has 4 nitrogen and oxygen atoms in total. The van der Waals surface area contributed by atoms with E-state index in [2.05, 4.69) is 5.32 Å². The molecule has 0 bridgehead atoms. The third-order valence-electron chi connectivity index (χ3n) is 3.78. The fourth-order valence-electron chi connectivity index (χ4n) is 2.49. The standard InChI is InChI=1S/C20H18ClNO3S2/c1-3-24-16-9-14(10-17-19(23)22-20(26)27-17)8-15(21)18(16)25-11-13-6-4-12(2)5-7-13/h4-10H,3,11H2,1-2H3,(H,22,23,26)/b17-10+. The smallest absolute Gasteiger partial charge is 0.263 e. The molecule has 0 aliphatic carbocycles. The lowest BCUT2D eigenvalue weighted by molar-refractivity contribution is -0.115. The quantitative estimate of drug-likeness (QED) is 0.520. The first-order valence-corrected chi connectivity index (χ1v) is 9.96. The van der Waals surface area contributed by atoms with Crippen LogP contribution in [-0.2, 0) is 11.4 Å². The van der Waals surface area contributed by atoms with Crippen molar-refractivity contribution in [3.8, 4) is 11.5 Å². The van der Waals surface area contributed by atoms with Crippen molar-refractivity contribution in [2.24, 2.45) is 0 Å². The van der Waals surface area contributed by atoms with Crippen LogP contribution in [0.1, 0.15) is 23.6 Å². The third kappa shape index (κ3) is 5.03. The Kier molecular flexibility index (Phi) is 6.42. The first-order chi connectivity index (χ1) is 13.0. The number of nitrogens with one attached hydrogen (secondary N) is 1. The van der Waals surface area contributed by atoms with Crippen molar-refractivity contribution < 1.29 is 14.3 Å². The van der Waals surface area contributed by atoms with Gasteiger partial charge < -0.3 is 14.8 Å². The highest BCUT2D eigenvalue weighted by atomic mass is 35.5. The van der Waals surface area contributed by atoms with Crippen LogP contribution in [0, 0.1) is 6.92 Å². The van der Waals surface area contributed by atoms with Gasteiger partial charge in [0.1, 0.15) is 10.9 Å². The molecule has 1 N–H and O–H groups in total. The second kappa shape index (κ2) is 8.78. The predicted octanol–water partition coefficient (Wildman–Crippen LogP) is 5.11. The van der Waals surface area contributed by atoms with Crippen LogP contribution in [0.5, 0.6) is 11.5 Å². The number of amides is 1. The number of rotatable bonds is 6. The summed E-state index contributed by atoms with van der Waals surface area (Å²) >= 11 is 12.7. The van der Waals surface area contributed by atoms with Gasteiger partial charge in [0.2, 0.25) is 0 Å². The van der Waals surface area contributed by atoms with Gasteiger partial charge in [-0.15, -0.1) is 0 Å². The van der Waals surface area contributed by atoms with Crippen molar-refractivity contribution in [3.63, 3.8) is 0 Å². The number of carbonyl (C=O) groups excluding carboxylic acids is 1. The maximum atomic E-state index is 11.9. The summed E-state index contributed by atoms with van der Waals surface area (Å²) in [6, 6.07) is 11.7. The molecule has 7 heteroatoms. The molecule has 0 atom stereocenters. The van der Waals surface area contributed by atoms with Gasteiger partial charge in [-0.05, 0) is 43.2 Å². The van der Waals surface area contributed by atoms with Gasteiger partial charge >= 0.3 is 0 Å². The number of carbonyl (C=O) groups is 1. The molecule has 0 aromatic heterocycles. The zero-order valence-electron chi connectivity index (χ0n) is 14.9. The number of benzene rings is 2. The van der Waals surface area contributed by atoms with Gasteiger partial charge in [-0.1, -0.05) is 65.4 Å². The lowest BCUT2D eigenvalue weighted by Gasteiger charge is -2.15. The molecule has 1 saturated heterocycles. The Labute approximate surface area is 172 Å². The molecule has 1 amide bonds. The van der Waals surface area contributed by atoms with Gasteiger partial charge in [0.25, 0.3) is 5.91 Å². The van der Waals surface area contributed by atoms with Crippen LogP contribution in [0.15, 0.2) is 41.3 Å². The van der Waals surface area contributed by atoms with E-state index in [9.17, 15) is 4.79 Å². The van der Waals surface area contributed by atoms with E-state index < -0.39 is 0 Å². The Morgan fingerprint density at radius 2 is 1.96 bits per heavy atom. The molecular weight excluding hydrogens is 402 g/mol. The highest BCUT2D eigenvalue weighted by Crippen LogP contribution is 2.38. The van der Waals surface area contributed by atoms with E-state index in [-0.39, 0.29) is 5.91 Å². The van der Waals surface area contributed by atoms with E-state index in [1.165, 1.54) is 17.3 Å². The van der Waals surface area contributed by atoms with E-state index in [4.69, 9.17) is 33.3 Å². The molecule has 1 aliphatic rings. The second-order valence-corrected chi connectivity index (χ2v) is 8.02. The van der Waals surface area contributed by atoms with Crippen LogP contribution in [0.3, 0.4) is 0 Å². The number of aryl methyl sites for hydroxylation is 1. The summed E-state index contributed by atoms with van der Waals surface area (Å²) in [5, 5.41) is 3.02. The summed E-state index contributed by atoms with van der Waals surface area (Å²) in [4.78, 5) is 12.4. The molecule has 2 aromatic carbocycles. The molecule has 0 saturated carbocycles. The summed E-state index contributed by atoms with van der Waals surface area (Å²) < 4.78 is 12.1. The summed E-state index contributed by atoms with van der Waals surface area (Å²) in [6.07, 6.45) is 1.73. The topological polar surface area (TPSA) is 47.6 Å². The third-order valence-corrected chi connectivity index (χ3v) is 5.22. The zero-order valence-corrected chi connectivity index (χ0v) is 17.3. The van der Waals surface area contributed by atoms with E-state index >= 15 is 0 Å². The molecule has 2 aromatic rings. The van der Waals surface area contributed by atoms with Gasteiger partial charge in [-0.3, -0.25) is 4.79 Å². The fraction of sp³-hybridized carbons (Fsp3) is 0.200. The maximum Gasteiger partial charge on any atom is 0.263 e. The number of ether oxygens (including phenoxy) is 2. The van der Waals surface area contributed by atoms with Gasteiger partial charge in [-0.2, -0.15) is 0 Å².